The number of nitrogens with zero attached hydrogens (tertiary/aromatic N) is 2. The molecule has 20 nitrogen and oxygen atoms in total. The van der Waals surface area contributed by atoms with E-state index < -0.39 is 31.6 Å². The van der Waals surface area contributed by atoms with Crippen molar-refractivity contribution in [2.24, 2.45) is 9.39 Å². The molecule has 15 rings (SSSR count). The van der Waals surface area contributed by atoms with E-state index in [-0.39, 0.29) is 79.9 Å². The number of fused-ring (bicyclic) bond motifs is 6. The van der Waals surface area contributed by atoms with Crippen LogP contribution >= 0.6 is 0 Å². The van der Waals surface area contributed by atoms with E-state index >= 15 is 0 Å². The number of aryl methyl sites for hydroxylation is 2. The van der Waals surface area contributed by atoms with Crippen LogP contribution in [0.25, 0.3) is 22.0 Å². The fourth-order valence-electron chi connectivity index (χ4n) is 11.5. The number of aromatic amines is 1. The zero-order chi connectivity index (χ0) is 67.0. The summed E-state index contributed by atoms with van der Waals surface area (Å²) in [5.41, 5.74) is 14.1. The van der Waals surface area contributed by atoms with Crippen LogP contribution in [0.2, 0.25) is 0 Å². The molecule has 0 amide bonds. The summed E-state index contributed by atoms with van der Waals surface area (Å²) in [6.07, 6.45) is -0.193. The zero-order valence-electron chi connectivity index (χ0n) is 51.4. The molecular weight excluding hydrogens is 1260 g/mol. The number of sulfonamides is 2. The fraction of sp³-hybridized carbons (Fsp3) is 0.0676. The summed E-state index contributed by atoms with van der Waals surface area (Å²) < 4.78 is 73.7. The van der Waals surface area contributed by atoms with Gasteiger partial charge in [-0.15, -0.1) is 4.40 Å². The molecule has 10 aromatic carbocycles. The van der Waals surface area contributed by atoms with Crippen molar-refractivity contribution in [3.8, 4) is 34.1 Å². The van der Waals surface area contributed by atoms with E-state index in [9.17, 15) is 40.8 Å². The van der Waals surface area contributed by atoms with Gasteiger partial charge in [0.2, 0.25) is 0 Å². The molecule has 0 unspecified atom stereocenters. The Morgan fingerprint density at radius 1 is 0.531 bits per heavy atom. The molecule has 0 spiro atoms. The van der Waals surface area contributed by atoms with E-state index in [2.05, 4.69) is 35.0 Å². The zero-order valence-corrected chi connectivity index (χ0v) is 53.0. The Morgan fingerprint density at radius 3 is 1.62 bits per heavy atom. The van der Waals surface area contributed by atoms with Gasteiger partial charge in [-0.25, -0.2) is 13.4 Å². The minimum Gasteiger partial charge on any atom is -0.466 e. The lowest BCUT2D eigenvalue weighted by Gasteiger charge is -2.27. The summed E-state index contributed by atoms with van der Waals surface area (Å²) in [7, 11) is -7.79. The van der Waals surface area contributed by atoms with Gasteiger partial charge in [-0.05, 0) is 99.1 Å². The van der Waals surface area contributed by atoms with E-state index in [1.807, 2.05) is 123 Å². The highest BCUT2D eigenvalue weighted by molar-refractivity contribution is 7.90. The number of hydrogen-bond acceptors (Lipinski definition) is 17. The molecule has 0 saturated heterocycles. The molecule has 22 heteroatoms. The van der Waals surface area contributed by atoms with Gasteiger partial charge in [0.1, 0.15) is 33.5 Å². The second-order valence-corrected chi connectivity index (χ2v) is 25.6. The number of ketones is 3. The van der Waals surface area contributed by atoms with E-state index in [0.29, 0.717) is 84.3 Å². The van der Waals surface area contributed by atoms with Gasteiger partial charge in [-0.3, -0.25) is 28.7 Å². The van der Waals surface area contributed by atoms with Crippen LogP contribution in [-0.2, 0) is 29.6 Å². The summed E-state index contributed by atoms with van der Waals surface area (Å²) in [5.74, 6) is 0.342. The third-order valence-electron chi connectivity index (χ3n) is 15.9. The van der Waals surface area contributed by atoms with Gasteiger partial charge in [0, 0.05) is 51.1 Å². The first-order valence-corrected chi connectivity index (χ1v) is 33.0. The van der Waals surface area contributed by atoms with Crippen LogP contribution < -0.4 is 41.4 Å². The smallest absolute Gasteiger partial charge is 0.313 e. The lowest BCUT2D eigenvalue weighted by molar-refractivity contribution is -0.141. The topological polar surface area (TPSA) is 296 Å². The van der Waals surface area contributed by atoms with Crippen LogP contribution in [0, 0.1) is 13.8 Å². The van der Waals surface area contributed by atoms with Gasteiger partial charge >= 0.3 is 5.97 Å². The summed E-state index contributed by atoms with van der Waals surface area (Å²) in [4.78, 5) is 74.3. The number of pyridine rings is 1. The van der Waals surface area contributed by atoms with Crippen LogP contribution in [-0.4, -0.2) is 63.4 Å². The number of ether oxygens (including phenoxy) is 3. The third kappa shape index (κ3) is 12.2. The highest BCUT2D eigenvalue weighted by Gasteiger charge is 2.38. The Kier molecular flexibility index (Phi) is 16.7. The lowest BCUT2D eigenvalue weighted by atomic mass is 9.81. The summed E-state index contributed by atoms with van der Waals surface area (Å²) in [6, 6.07) is 63.7. The van der Waals surface area contributed by atoms with Crippen molar-refractivity contribution in [3.63, 3.8) is 0 Å². The van der Waals surface area contributed by atoms with E-state index in [1.165, 1.54) is 12.1 Å². The molecule has 0 radical (unpaired) electrons. The van der Waals surface area contributed by atoms with Crippen molar-refractivity contribution in [1.82, 2.24) is 9.71 Å². The predicted molar refractivity (Wildman–Crippen MR) is 368 cm³/mol. The van der Waals surface area contributed by atoms with Crippen molar-refractivity contribution in [1.29, 1.82) is 0 Å². The molecule has 0 atom stereocenters. The number of carbonyl (C=O) groups is 4. The Morgan fingerprint density at radius 2 is 1.02 bits per heavy atom. The second kappa shape index (κ2) is 25.7. The van der Waals surface area contributed by atoms with Gasteiger partial charge in [-0.2, -0.15) is 8.42 Å². The third-order valence-corrected chi connectivity index (χ3v) is 18.6. The molecule has 0 fully saturated rings. The maximum absolute atomic E-state index is 14.3. The first-order valence-electron chi connectivity index (χ1n) is 30.1. The van der Waals surface area contributed by atoms with E-state index in [1.54, 1.807) is 104 Å². The number of nitrogen functional groups attached to an aromatic ring is 1. The number of benzene rings is 10. The highest BCUT2D eigenvalue weighted by Crippen LogP contribution is 2.48. The molecule has 0 saturated carbocycles. The van der Waals surface area contributed by atoms with Gasteiger partial charge in [0.15, 0.2) is 34.7 Å². The van der Waals surface area contributed by atoms with E-state index in [0.717, 1.165) is 22.5 Å². The number of rotatable bonds is 12. The maximum Gasteiger partial charge on any atom is 0.313 e. The minimum absolute atomic E-state index is 0.00371. The molecular formula is C74H56N8O12S2. The average molecular weight is 1310 g/mol. The normalized spacial score (nSPS) is 13.8. The number of nitrogens with two attached hydrogens (primary N) is 1. The van der Waals surface area contributed by atoms with Gasteiger partial charge in [-0.1, -0.05) is 145 Å². The number of H-pyrrole nitrogens is 1. The number of esters is 1. The van der Waals surface area contributed by atoms with Crippen LogP contribution in [0.3, 0.4) is 0 Å². The lowest BCUT2D eigenvalue weighted by Crippen LogP contribution is -2.38. The minimum atomic E-state index is -4.05. The Bertz CT molecular complexity index is 5390. The number of aliphatic imine (C=N–C) groups is 1. The number of para-hydroxylation sites is 4. The Labute approximate surface area is 550 Å². The molecule has 2 aliphatic carbocycles. The molecule has 3 heterocycles. The molecule has 4 aliphatic rings. The molecule has 96 heavy (non-hydrogen) atoms. The predicted octanol–water partition coefficient (Wildman–Crippen LogP) is 14.0. The molecule has 0 bridgehead atoms. The van der Waals surface area contributed by atoms with Crippen molar-refractivity contribution >= 4 is 106 Å². The molecule has 11 aromatic rings. The van der Waals surface area contributed by atoms with Crippen LogP contribution in [0.4, 0.5) is 39.8 Å². The van der Waals surface area contributed by atoms with E-state index in [4.69, 9.17) is 19.9 Å². The SMILES string of the molecule is CCOC(=O)CC1=NS(=O)(=O)c2ccccc2N1.Cc1ccc(Oc2cc(Nc3ccccc3)c3c(c2N)C(=O)c2ccccc2C3=O)cc1.Cc1ccc(Oc2cc(Nc3ccccc3)c3c4c(c(C5=Nc6ccccc6S(=O)(=O)N5)c(=O)[nH]c24)-c2ccccc2C3=O)cc1. The number of anilines is 6. The van der Waals surface area contributed by atoms with Crippen molar-refractivity contribution in [2.75, 3.05) is 28.3 Å². The van der Waals surface area contributed by atoms with Crippen molar-refractivity contribution in [3.05, 3.63) is 279 Å². The quantitative estimate of drug-likeness (QED) is 0.0489. The summed E-state index contributed by atoms with van der Waals surface area (Å²) in [5, 5.41) is 9.86. The van der Waals surface area contributed by atoms with Gasteiger partial charge in [0.25, 0.3) is 25.6 Å². The number of hydrogen-bond donors (Lipinski definition) is 6. The monoisotopic (exact) mass is 1310 g/mol. The average Bonchev–Trinajstić information content (AvgIpc) is 0.715. The molecule has 476 valence electrons. The Balaban J connectivity index is 0.000000144. The maximum atomic E-state index is 14.3. The number of aromatic nitrogens is 1. The second-order valence-electron chi connectivity index (χ2n) is 22.4. The van der Waals surface area contributed by atoms with Crippen LogP contribution in [0.1, 0.15) is 77.8 Å². The van der Waals surface area contributed by atoms with Crippen LogP contribution in [0.15, 0.2) is 242 Å². The van der Waals surface area contributed by atoms with Crippen molar-refractivity contribution < 1.29 is 50.2 Å². The molecule has 2 aliphatic heterocycles. The first-order chi connectivity index (χ1) is 46.3. The highest BCUT2D eigenvalue weighted by atomic mass is 32.2. The summed E-state index contributed by atoms with van der Waals surface area (Å²) >= 11 is 0. The van der Waals surface area contributed by atoms with Crippen molar-refractivity contribution in [2.45, 2.75) is 37.0 Å². The standard InChI is InChI=1S/C36H24N4O5S.C27H20N2O3.C11H12N2O4S/c1-20-15-17-22(18-16-20)45-27-19-26(37-21-9-3-2-4-10-21)30-31-29(23-11-5-6-12-24(23)34(30)41)32(36(42)39-33(27)31)35-38-25-13-7-8-14-28(25)46(43,44)40-35;1-16-11-13-18(14-12-16)32-22-15-21(29-17-7-3-2-4-8-17)23-24(25(22)28)27(31)20-10-6-5-9-19(20)26(23)30;1-2-17-11(14)7-10-12-8-5-3-4-6-9(8)18(15,16)13-10/h2-19,37H,1H3,(H,38,40)(H,39,42);2-15,29H,28H2,1H3;3-6H,2,7H2,1H3,(H,12,13). The summed E-state index contributed by atoms with van der Waals surface area (Å²) in [6.45, 7) is 5.88. The number of carbonyl (C=O) groups excluding carboxylic acids is 4. The molecule has 1 aromatic heterocycles. The Hall–Kier alpha value is -12.3. The molecule has 7 N–H and O–H groups in total. The van der Waals surface area contributed by atoms with Crippen LogP contribution in [0.5, 0.6) is 23.0 Å². The van der Waals surface area contributed by atoms with Gasteiger partial charge in [0.05, 0.1) is 62.8 Å². The largest absolute Gasteiger partial charge is 0.466 e. The number of amidine groups is 2. The first kappa shape index (κ1) is 62.5. The fourth-order valence-corrected chi connectivity index (χ4v) is 13.8. The van der Waals surface area contributed by atoms with Gasteiger partial charge < -0.3 is 40.9 Å². The number of nitrogens with one attached hydrogen (secondary N) is 5.